The summed E-state index contributed by atoms with van der Waals surface area (Å²) in [6.07, 6.45) is 2.03. The molecule has 0 bridgehead atoms. The number of anilines is 1. The second kappa shape index (κ2) is 11.4. The number of nitrogens with one attached hydrogen (secondary N) is 1. The summed E-state index contributed by atoms with van der Waals surface area (Å²) in [5, 5.41) is 11.5. The number of carbonyl (C=O) groups excluding carboxylic acids is 2. The van der Waals surface area contributed by atoms with Crippen molar-refractivity contribution in [1.29, 1.82) is 0 Å². The van der Waals surface area contributed by atoms with Crippen molar-refractivity contribution < 1.29 is 14.3 Å². The van der Waals surface area contributed by atoms with Crippen LogP contribution in [-0.2, 0) is 16.0 Å². The van der Waals surface area contributed by atoms with Gasteiger partial charge in [0, 0.05) is 19.2 Å². The predicted molar refractivity (Wildman–Crippen MR) is 132 cm³/mol. The zero-order valence-corrected chi connectivity index (χ0v) is 19.7. The topological polar surface area (TPSA) is 83.4 Å². The minimum absolute atomic E-state index is 0.0544. The number of likely N-dealkylation sites (N-methyl/N-ethyl adjacent to an activating group) is 1. The molecule has 2 aromatic carbocycles. The Hall–Kier alpha value is -3.48. The number of carbonyl (C=O) groups is 2. The summed E-state index contributed by atoms with van der Waals surface area (Å²) in [6.45, 7) is 6.08. The van der Waals surface area contributed by atoms with Crippen LogP contribution < -0.4 is 15.0 Å². The van der Waals surface area contributed by atoms with Crippen LogP contribution in [0.1, 0.15) is 39.2 Å². The monoisotopic (exact) mass is 448 g/mol. The van der Waals surface area contributed by atoms with Gasteiger partial charge in [-0.2, -0.15) is 5.10 Å². The zero-order valence-electron chi connectivity index (χ0n) is 19.7. The van der Waals surface area contributed by atoms with Gasteiger partial charge in [0.05, 0.1) is 5.69 Å². The molecule has 0 aromatic heterocycles. The molecule has 1 N–H and O–H groups in total. The molecule has 0 fully saturated rings. The molecule has 1 aliphatic heterocycles. The van der Waals surface area contributed by atoms with Crippen LogP contribution in [0.25, 0.3) is 0 Å². The van der Waals surface area contributed by atoms with Gasteiger partial charge in [-0.3, -0.25) is 9.59 Å². The number of nitrogens with zero attached hydrogens (tertiary/aromatic N) is 3. The summed E-state index contributed by atoms with van der Waals surface area (Å²) in [5.74, 6) is 0.236. The normalized spacial score (nSPS) is 17.6. The third-order valence-electron chi connectivity index (χ3n) is 5.71. The number of hydrogen-bond acceptors (Lipinski definition) is 5. The van der Waals surface area contributed by atoms with Crippen LogP contribution in [0, 0.1) is 5.92 Å². The molecule has 2 amide bonds. The van der Waals surface area contributed by atoms with Gasteiger partial charge in [0.15, 0.2) is 0 Å². The number of rotatable bonds is 8. The lowest BCUT2D eigenvalue weighted by atomic mass is 10.0. The highest BCUT2D eigenvalue weighted by Crippen LogP contribution is 2.29. The van der Waals surface area contributed by atoms with Crippen molar-refractivity contribution in [3.05, 3.63) is 60.2 Å². The van der Waals surface area contributed by atoms with E-state index in [1.54, 1.807) is 7.05 Å². The molecular weight excluding hydrogens is 416 g/mol. The van der Waals surface area contributed by atoms with Gasteiger partial charge in [0.2, 0.25) is 0 Å². The molecule has 1 heterocycles. The molecule has 0 spiro atoms. The van der Waals surface area contributed by atoms with E-state index in [1.807, 2.05) is 61.5 Å². The lowest BCUT2D eigenvalue weighted by Crippen LogP contribution is -2.51. The van der Waals surface area contributed by atoms with Crippen molar-refractivity contribution in [2.75, 3.05) is 18.6 Å². The van der Waals surface area contributed by atoms with E-state index in [2.05, 4.69) is 29.4 Å². The van der Waals surface area contributed by atoms with E-state index in [9.17, 15) is 9.59 Å². The van der Waals surface area contributed by atoms with Crippen molar-refractivity contribution in [2.45, 2.75) is 46.1 Å². The minimum Gasteiger partial charge on any atom is -0.489 e. The Morgan fingerprint density at radius 3 is 2.58 bits per heavy atom. The first-order chi connectivity index (χ1) is 15.9. The standard InChI is InChI=1S/C26H32N4O3/c1-5-18(2)15-21(29-28-19(3)16-20-11-7-6-8-12-20)25(31)27-22-17-33-24-14-10-9-13-23(24)30(4)26(22)32/h6-14,18,22H,5,15-17H2,1-4H3,(H,27,31)/b28-19+,29-21+/t18-,22-/m0/s1. The van der Waals surface area contributed by atoms with Crippen LogP contribution in [0.4, 0.5) is 5.69 Å². The Labute approximate surface area is 195 Å². The van der Waals surface area contributed by atoms with E-state index in [0.29, 0.717) is 30.0 Å². The molecule has 33 heavy (non-hydrogen) atoms. The number of hydrogen-bond donors (Lipinski definition) is 1. The van der Waals surface area contributed by atoms with Crippen molar-refractivity contribution >= 4 is 28.9 Å². The summed E-state index contributed by atoms with van der Waals surface area (Å²) < 4.78 is 5.80. The Morgan fingerprint density at radius 2 is 1.85 bits per heavy atom. The maximum atomic E-state index is 13.1. The number of benzene rings is 2. The van der Waals surface area contributed by atoms with E-state index in [1.165, 1.54) is 4.90 Å². The zero-order chi connectivity index (χ0) is 23.8. The average molecular weight is 449 g/mol. The van der Waals surface area contributed by atoms with Gasteiger partial charge in [0.1, 0.15) is 24.1 Å². The second-order valence-electron chi connectivity index (χ2n) is 8.46. The lowest BCUT2D eigenvalue weighted by Gasteiger charge is -2.21. The first-order valence-electron chi connectivity index (χ1n) is 11.3. The number of para-hydroxylation sites is 2. The highest BCUT2D eigenvalue weighted by atomic mass is 16.5. The molecule has 7 nitrogen and oxygen atoms in total. The van der Waals surface area contributed by atoms with E-state index in [4.69, 9.17) is 4.74 Å². The molecule has 0 radical (unpaired) electrons. The van der Waals surface area contributed by atoms with Crippen LogP contribution in [0.2, 0.25) is 0 Å². The number of ether oxygens (including phenoxy) is 1. The molecule has 0 unspecified atom stereocenters. The minimum atomic E-state index is -0.813. The quantitative estimate of drug-likeness (QED) is 0.489. The molecule has 1 aliphatic rings. The summed E-state index contributed by atoms with van der Waals surface area (Å²) in [5.41, 5.74) is 2.92. The van der Waals surface area contributed by atoms with Crippen LogP contribution >= 0.6 is 0 Å². The molecular formula is C26H32N4O3. The van der Waals surface area contributed by atoms with Gasteiger partial charge in [-0.05, 0) is 37.0 Å². The SMILES string of the molecule is CC[C@H](C)C/C(=N\N=C(/C)Cc1ccccc1)C(=O)N[C@H]1COc2ccccc2N(C)C1=O. The highest BCUT2D eigenvalue weighted by Gasteiger charge is 2.31. The molecule has 2 atom stereocenters. The third kappa shape index (κ3) is 6.51. The maximum Gasteiger partial charge on any atom is 0.268 e. The second-order valence-corrected chi connectivity index (χ2v) is 8.46. The smallest absolute Gasteiger partial charge is 0.268 e. The van der Waals surface area contributed by atoms with Gasteiger partial charge in [-0.15, -0.1) is 5.10 Å². The summed E-state index contributed by atoms with van der Waals surface area (Å²) in [7, 11) is 1.68. The Balaban J connectivity index is 1.75. The Kier molecular flexibility index (Phi) is 8.35. The largest absolute Gasteiger partial charge is 0.489 e. The highest BCUT2D eigenvalue weighted by molar-refractivity contribution is 6.39. The molecule has 7 heteroatoms. The van der Waals surface area contributed by atoms with Crippen molar-refractivity contribution in [2.24, 2.45) is 16.1 Å². The maximum absolute atomic E-state index is 13.1. The van der Waals surface area contributed by atoms with Crippen LogP contribution in [0.3, 0.4) is 0 Å². The fourth-order valence-corrected chi connectivity index (χ4v) is 3.52. The van der Waals surface area contributed by atoms with E-state index in [0.717, 1.165) is 17.7 Å². The molecule has 2 aromatic rings. The van der Waals surface area contributed by atoms with Gasteiger partial charge < -0.3 is 15.0 Å². The van der Waals surface area contributed by atoms with Crippen LogP contribution in [0.5, 0.6) is 5.75 Å². The van der Waals surface area contributed by atoms with Crippen molar-refractivity contribution in [3.63, 3.8) is 0 Å². The van der Waals surface area contributed by atoms with Gasteiger partial charge in [-0.25, -0.2) is 0 Å². The van der Waals surface area contributed by atoms with Crippen LogP contribution in [-0.4, -0.2) is 42.9 Å². The number of amides is 2. The van der Waals surface area contributed by atoms with Crippen molar-refractivity contribution in [3.8, 4) is 5.75 Å². The summed E-state index contributed by atoms with van der Waals surface area (Å²) in [4.78, 5) is 27.6. The fourth-order valence-electron chi connectivity index (χ4n) is 3.52. The molecule has 0 saturated heterocycles. The predicted octanol–water partition coefficient (Wildman–Crippen LogP) is 4.02. The van der Waals surface area contributed by atoms with E-state index in [-0.39, 0.29) is 18.4 Å². The number of fused-ring (bicyclic) bond motifs is 1. The van der Waals surface area contributed by atoms with E-state index >= 15 is 0 Å². The van der Waals surface area contributed by atoms with Gasteiger partial charge in [0.25, 0.3) is 11.8 Å². The summed E-state index contributed by atoms with van der Waals surface area (Å²) in [6, 6.07) is 16.5. The fraction of sp³-hybridized carbons (Fsp3) is 0.385. The molecule has 0 aliphatic carbocycles. The first kappa shape index (κ1) is 24.2. The molecule has 174 valence electrons. The summed E-state index contributed by atoms with van der Waals surface area (Å²) >= 11 is 0. The van der Waals surface area contributed by atoms with Crippen molar-refractivity contribution in [1.82, 2.24) is 5.32 Å². The lowest BCUT2D eigenvalue weighted by molar-refractivity contribution is -0.124. The molecule has 3 rings (SSSR count). The van der Waals surface area contributed by atoms with Gasteiger partial charge in [-0.1, -0.05) is 62.7 Å². The molecule has 0 saturated carbocycles. The first-order valence-corrected chi connectivity index (χ1v) is 11.3. The van der Waals surface area contributed by atoms with E-state index < -0.39 is 11.9 Å². The average Bonchev–Trinajstić information content (AvgIpc) is 2.94. The van der Waals surface area contributed by atoms with Crippen LogP contribution in [0.15, 0.2) is 64.8 Å². The Bertz CT molecular complexity index is 1030. The third-order valence-corrected chi connectivity index (χ3v) is 5.71. The van der Waals surface area contributed by atoms with Gasteiger partial charge >= 0.3 is 0 Å². The Morgan fingerprint density at radius 1 is 1.15 bits per heavy atom.